The van der Waals surface area contributed by atoms with E-state index < -0.39 is 16.4 Å². The molecule has 0 saturated heterocycles. The number of alkyl halides is 2. The number of nitrogens with one attached hydrogen (secondary N) is 1. The Hall–Kier alpha value is -2.89. The highest BCUT2D eigenvalue weighted by Crippen LogP contribution is 2.43. The van der Waals surface area contributed by atoms with E-state index >= 15 is 0 Å². The maximum absolute atomic E-state index is 12.6. The molecule has 1 aromatic heterocycles. The highest BCUT2D eigenvalue weighted by Gasteiger charge is 2.36. The summed E-state index contributed by atoms with van der Waals surface area (Å²) < 4.78 is 53.2. The SMILES string of the molecule is CCS(=O)(=O)c1ccc(CC(=O)Nc2nc3c(s2)CN(Cc2ccc(OC(F)F)cc2)C3C(C)C)cc1. The summed E-state index contributed by atoms with van der Waals surface area (Å²) in [5, 5.41) is 3.42. The van der Waals surface area contributed by atoms with Gasteiger partial charge in [0.1, 0.15) is 5.75 Å². The number of carbonyl (C=O) groups is 1. The van der Waals surface area contributed by atoms with E-state index in [0.29, 0.717) is 23.8 Å². The van der Waals surface area contributed by atoms with Gasteiger partial charge in [0.25, 0.3) is 0 Å². The van der Waals surface area contributed by atoms with Gasteiger partial charge >= 0.3 is 6.61 Å². The van der Waals surface area contributed by atoms with Gasteiger partial charge in [0.05, 0.1) is 28.8 Å². The van der Waals surface area contributed by atoms with Crippen LogP contribution in [0.25, 0.3) is 0 Å². The van der Waals surface area contributed by atoms with E-state index in [0.717, 1.165) is 16.1 Å². The predicted molar refractivity (Wildman–Crippen MR) is 139 cm³/mol. The molecule has 0 radical (unpaired) electrons. The van der Waals surface area contributed by atoms with Gasteiger partial charge in [-0.25, -0.2) is 13.4 Å². The number of sulfone groups is 1. The first-order valence-corrected chi connectivity index (χ1v) is 14.4. The fourth-order valence-electron chi connectivity index (χ4n) is 4.45. The molecule has 2 aromatic carbocycles. The zero-order valence-corrected chi connectivity index (χ0v) is 22.4. The van der Waals surface area contributed by atoms with Gasteiger partial charge in [-0.05, 0) is 41.3 Å². The van der Waals surface area contributed by atoms with Crippen molar-refractivity contribution in [1.82, 2.24) is 9.88 Å². The molecule has 1 aliphatic heterocycles. The Kier molecular flexibility index (Phi) is 8.25. The first-order chi connectivity index (χ1) is 17.6. The number of aromatic nitrogens is 1. The van der Waals surface area contributed by atoms with Crippen LogP contribution in [0.2, 0.25) is 0 Å². The molecule has 7 nitrogen and oxygen atoms in total. The van der Waals surface area contributed by atoms with Gasteiger partial charge in [0.15, 0.2) is 15.0 Å². The third kappa shape index (κ3) is 6.52. The molecule has 1 amide bonds. The van der Waals surface area contributed by atoms with Crippen LogP contribution in [-0.4, -0.2) is 36.6 Å². The lowest BCUT2D eigenvalue weighted by atomic mass is 10.0. The van der Waals surface area contributed by atoms with Crippen LogP contribution in [-0.2, 0) is 34.1 Å². The molecule has 37 heavy (non-hydrogen) atoms. The smallest absolute Gasteiger partial charge is 0.387 e. The fourth-order valence-corrected chi connectivity index (χ4v) is 6.38. The zero-order valence-electron chi connectivity index (χ0n) is 20.8. The van der Waals surface area contributed by atoms with Crippen molar-refractivity contribution in [2.24, 2.45) is 5.92 Å². The van der Waals surface area contributed by atoms with E-state index in [1.807, 2.05) is 0 Å². The molecule has 0 fully saturated rings. The van der Waals surface area contributed by atoms with E-state index in [2.05, 4.69) is 28.8 Å². The quantitative estimate of drug-likeness (QED) is 0.363. The van der Waals surface area contributed by atoms with Gasteiger partial charge in [-0.1, -0.05) is 45.0 Å². The normalized spacial score (nSPS) is 15.8. The Bertz CT molecular complexity index is 1340. The van der Waals surface area contributed by atoms with Gasteiger partial charge in [0, 0.05) is 18.0 Å². The number of ether oxygens (including phenoxy) is 1. The minimum absolute atomic E-state index is 0.0267. The number of hydrogen-bond donors (Lipinski definition) is 1. The molecule has 1 aliphatic rings. The monoisotopic (exact) mass is 549 g/mol. The Morgan fingerprint density at radius 2 is 1.78 bits per heavy atom. The van der Waals surface area contributed by atoms with E-state index in [4.69, 9.17) is 4.98 Å². The Morgan fingerprint density at radius 3 is 2.38 bits per heavy atom. The van der Waals surface area contributed by atoms with E-state index in [1.54, 1.807) is 43.3 Å². The number of benzene rings is 2. The largest absolute Gasteiger partial charge is 0.435 e. The van der Waals surface area contributed by atoms with Crippen molar-refractivity contribution < 1.29 is 26.7 Å². The number of thiazole rings is 1. The van der Waals surface area contributed by atoms with Crippen LogP contribution >= 0.6 is 11.3 Å². The molecule has 0 bridgehead atoms. The second-order valence-electron chi connectivity index (χ2n) is 9.22. The van der Waals surface area contributed by atoms with Crippen LogP contribution in [0, 0.1) is 5.92 Å². The van der Waals surface area contributed by atoms with E-state index in [-0.39, 0.29) is 40.7 Å². The lowest BCUT2D eigenvalue weighted by Crippen LogP contribution is -2.26. The summed E-state index contributed by atoms with van der Waals surface area (Å²) in [6.45, 7) is 4.28. The van der Waals surface area contributed by atoms with Crippen molar-refractivity contribution in [2.45, 2.75) is 57.8 Å². The standard InChI is InChI=1S/C26H29F2N3O4S2/c1-4-37(33,34)20-11-7-17(8-12-20)13-22(32)29-26-30-23-21(36-26)15-31(24(23)16(2)3)14-18-5-9-19(10-6-18)35-25(27)28/h5-12,16,24-25H,4,13-15H2,1-3H3,(H,29,30,32). The average molecular weight is 550 g/mol. The number of halogens is 2. The summed E-state index contributed by atoms with van der Waals surface area (Å²) in [5.41, 5.74) is 2.64. The van der Waals surface area contributed by atoms with Crippen LogP contribution in [0.3, 0.4) is 0 Å². The topological polar surface area (TPSA) is 88.6 Å². The lowest BCUT2D eigenvalue weighted by molar-refractivity contribution is -0.115. The van der Waals surface area contributed by atoms with Crippen LogP contribution in [0.5, 0.6) is 5.75 Å². The molecule has 0 saturated carbocycles. The van der Waals surface area contributed by atoms with E-state index in [1.165, 1.54) is 23.5 Å². The van der Waals surface area contributed by atoms with Gasteiger partial charge in [-0.2, -0.15) is 8.78 Å². The highest BCUT2D eigenvalue weighted by molar-refractivity contribution is 7.91. The molecule has 0 aliphatic carbocycles. The summed E-state index contributed by atoms with van der Waals surface area (Å²) in [6.07, 6.45) is 0.113. The van der Waals surface area contributed by atoms with Crippen LogP contribution in [0.4, 0.5) is 13.9 Å². The Balaban J connectivity index is 1.39. The molecule has 2 heterocycles. The molecular formula is C26H29F2N3O4S2. The lowest BCUT2D eigenvalue weighted by Gasteiger charge is -2.27. The third-order valence-electron chi connectivity index (χ3n) is 6.19. The van der Waals surface area contributed by atoms with Crippen LogP contribution in [0.1, 0.15) is 48.5 Å². The minimum atomic E-state index is -3.28. The number of hydrogen-bond acceptors (Lipinski definition) is 7. The third-order valence-corrected chi connectivity index (χ3v) is 8.91. The molecular weight excluding hydrogens is 520 g/mol. The van der Waals surface area contributed by atoms with Crippen molar-refractivity contribution in [1.29, 1.82) is 0 Å². The maximum Gasteiger partial charge on any atom is 0.387 e. The van der Waals surface area contributed by atoms with E-state index in [9.17, 15) is 22.0 Å². The average Bonchev–Trinajstić information content (AvgIpc) is 3.36. The van der Waals surface area contributed by atoms with Crippen LogP contribution in [0.15, 0.2) is 53.4 Å². The second-order valence-corrected chi connectivity index (χ2v) is 12.6. The molecule has 0 spiro atoms. The van der Waals surface area contributed by atoms with Crippen molar-refractivity contribution >= 4 is 32.2 Å². The summed E-state index contributed by atoms with van der Waals surface area (Å²) in [6, 6.07) is 13.1. The number of rotatable bonds is 10. The molecule has 11 heteroatoms. The van der Waals surface area contributed by atoms with Crippen molar-refractivity contribution in [2.75, 3.05) is 11.1 Å². The number of amides is 1. The predicted octanol–water partition coefficient (Wildman–Crippen LogP) is 5.43. The fraction of sp³-hybridized carbons (Fsp3) is 0.385. The number of carbonyl (C=O) groups excluding carboxylic acids is 1. The first kappa shape index (κ1) is 27.2. The first-order valence-electron chi connectivity index (χ1n) is 11.9. The molecule has 3 aromatic rings. The zero-order chi connectivity index (χ0) is 26.7. The Labute approximate surface area is 219 Å². The molecule has 1 unspecified atom stereocenters. The molecule has 4 rings (SSSR count). The molecule has 1 atom stereocenters. The molecule has 1 N–H and O–H groups in total. The van der Waals surface area contributed by atoms with Gasteiger partial charge in [0.2, 0.25) is 5.91 Å². The van der Waals surface area contributed by atoms with Gasteiger partial charge in [-0.15, -0.1) is 11.3 Å². The second kappa shape index (κ2) is 11.2. The number of fused-ring (bicyclic) bond motifs is 1. The highest BCUT2D eigenvalue weighted by atomic mass is 32.2. The summed E-state index contributed by atoms with van der Waals surface area (Å²) in [7, 11) is -3.28. The summed E-state index contributed by atoms with van der Waals surface area (Å²) in [4.78, 5) is 21.0. The van der Waals surface area contributed by atoms with Gasteiger partial charge in [-0.3, -0.25) is 9.69 Å². The minimum Gasteiger partial charge on any atom is -0.435 e. The van der Waals surface area contributed by atoms with Crippen molar-refractivity contribution in [3.05, 3.63) is 70.2 Å². The summed E-state index contributed by atoms with van der Waals surface area (Å²) in [5.74, 6) is 0.205. The Morgan fingerprint density at radius 1 is 1.14 bits per heavy atom. The number of anilines is 1. The summed E-state index contributed by atoms with van der Waals surface area (Å²) >= 11 is 1.45. The van der Waals surface area contributed by atoms with Crippen LogP contribution < -0.4 is 10.1 Å². The maximum atomic E-state index is 12.6. The number of nitrogens with zero attached hydrogens (tertiary/aromatic N) is 2. The molecule has 198 valence electrons. The van der Waals surface area contributed by atoms with Crippen molar-refractivity contribution in [3.8, 4) is 5.75 Å². The van der Waals surface area contributed by atoms with Gasteiger partial charge < -0.3 is 10.1 Å². The van der Waals surface area contributed by atoms with Crippen molar-refractivity contribution in [3.63, 3.8) is 0 Å².